The number of anilines is 1. The highest BCUT2D eigenvalue weighted by Crippen LogP contribution is 2.18. The van der Waals surface area contributed by atoms with Crippen LogP contribution in [0.3, 0.4) is 0 Å². The van der Waals surface area contributed by atoms with Crippen molar-refractivity contribution in [3.8, 4) is 0 Å². The molecule has 1 aromatic carbocycles. The molecule has 17 heavy (non-hydrogen) atoms. The van der Waals surface area contributed by atoms with E-state index in [2.05, 4.69) is 54.5 Å². The van der Waals surface area contributed by atoms with E-state index in [0.717, 1.165) is 23.1 Å². The van der Waals surface area contributed by atoms with Crippen molar-refractivity contribution in [2.75, 3.05) is 5.32 Å². The third-order valence-corrected chi connectivity index (χ3v) is 3.94. The van der Waals surface area contributed by atoms with Crippen LogP contribution in [0.4, 0.5) is 5.13 Å². The Hall–Kier alpha value is -1.42. The van der Waals surface area contributed by atoms with Crippen molar-refractivity contribution >= 4 is 16.5 Å². The van der Waals surface area contributed by atoms with Crippen molar-refractivity contribution in [3.05, 3.63) is 39.9 Å². The maximum absolute atomic E-state index is 4.11. The number of aromatic nitrogens is 2. The molecule has 3 nitrogen and oxygen atoms in total. The molecule has 0 saturated carbocycles. The topological polar surface area (TPSA) is 37.8 Å². The van der Waals surface area contributed by atoms with Gasteiger partial charge < -0.3 is 5.32 Å². The molecule has 1 heterocycles. The zero-order valence-electron chi connectivity index (χ0n) is 10.4. The van der Waals surface area contributed by atoms with Gasteiger partial charge in [0.15, 0.2) is 0 Å². The SMILES string of the molecule is CCc1nnc(NCc2cccc(C)c2C)s1. The molecule has 4 heteroatoms. The van der Waals surface area contributed by atoms with Gasteiger partial charge in [-0.1, -0.05) is 36.5 Å². The molecule has 1 N–H and O–H groups in total. The van der Waals surface area contributed by atoms with Gasteiger partial charge in [0.2, 0.25) is 5.13 Å². The molecule has 0 aliphatic carbocycles. The number of benzene rings is 1. The number of aryl methyl sites for hydroxylation is 2. The van der Waals surface area contributed by atoms with Crippen LogP contribution < -0.4 is 5.32 Å². The number of nitrogens with one attached hydrogen (secondary N) is 1. The molecule has 0 amide bonds. The number of nitrogens with zero attached hydrogens (tertiary/aromatic N) is 2. The Bertz CT molecular complexity index is 505. The highest BCUT2D eigenvalue weighted by atomic mass is 32.1. The van der Waals surface area contributed by atoms with Gasteiger partial charge >= 0.3 is 0 Å². The molecular formula is C13H17N3S. The smallest absolute Gasteiger partial charge is 0.205 e. The molecule has 0 atom stereocenters. The van der Waals surface area contributed by atoms with Crippen LogP contribution in [0, 0.1) is 13.8 Å². The second-order valence-corrected chi connectivity index (χ2v) is 5.13. The van der Waals surface area contributed by atoms with Crippen LogP contribution in [0.15, 0.2) is 18.2 Å². The Balaban J connectivity index is 2.04. The lowest BCUT2D eigenvalue weighted by Crippen LogP contribution is -2.01. The zero-order chi connectivity index (χ0) is 12.3. The van der Waals surface area contributed by atoms with Crippen LogP contribution in [0.1, 0.15) is 28.6 Å². The summed E-state index contributed by atoms with van der Waals surface area (Å²) in [5.74, 6) is 0. The summed E-state index contributed by atoms with van der Waals surface area (Å²) < 4.78 is 0. The highest BCUT2D eigenvalue weighted by molar-refractivity contribution is 7.15. The normalized spacial score (nSPS) is 10.5. The van der Waals surface area contributed by atoms with Crippen molar-refractivity contribution in [2.45, 2.75) is 33.7 Å². The summed E-state index contributed by atoms with van der Waals surface area (Å²) in [7, 11) is 0. The molecule has 1 aromatic heterocycles. The molecule has 0 spiro atoms. The van der Waals surface area contributed by atoms with E-state index < -0.39 is 0 Å². The fourth-order valence-electron chi connectivity index (χ4n) is 1.64. The molecule has 2 rings (SSSR count). The lowest BCUT2D eigenvalue weighted by atomic mass is 10.0. The lowest BCUT2D eigenvalue weighted by Gasteiger charge is -2.08. The van der Waals surface area contributed by atoms with Gasteiger partial charge in [0.05, 0.1) is 0 Å². The van der Waals surface area contributed by atoms with Gasteiger partial charge in [0.1, 0.15) is 5.01 Å². The van der Waals surface area contributed by atoms with Crippen molar-refractivity contribution in [3.63, 3.8) is 0 Å². The highest BCUT2D eigenvalue weighted by Gasteiger charge is 2.04. The average Bonchev–Trinajstić information content (AvgIpc) is 2.79. The summed E-state index contributed by atoms with van der Waals surface area (Å²) in [6.07, 6.45) is 0.947. The second kappa shape index (κ2) is 5.27. The maximum Gasteiger partial charge on any atom is 0.205 e. The van der Waals surface area contributed by atoms with Gasteiger partial charge in [0.25, 0.3) is 0 Å². The van der Waals surface area contributed by atoms with E-state index in [1.165, 1.54) is 16.7 Å². The Morgan fingerprint density at radius 2 is 2.06 bits per heavy atom. The van der Waals surface area contributed by atoms with Gasteiger partial charge in [-0.2, -0.15) is 0 Å². The Kier molecular flexibility index (Phi) is 3.74. The van der Waals surface area contributed by atoms with Crippen molar-refractivity contribution in [1.29, 1.82) is 0 Å². The molecule has 0 radical (unpaired) electrons. The Morgan fingerprint density at radius 3 is 2.76 bits per heavy atom. The summed E-state index contributed by atoms with van der Waals surface area (Å²) in [4.78, 5) is 0. The first-order chi connectivity index (χ1) is 8.20. The molecule has 90 valence electrons. The number of rotatable bonds is 4. The Morgan fingerprint density at radius 1 is 1.24 bits per heavy atom. The van der Waals surface area contributed by atoms with Crippen LogP contribution in [-0.2, 0) is 13.0 Å². The fourth-order valence-corrected chi connectivity index (χ4v) is 2.32. The lowest BCUT2D eigenvalue weighted by molar-refractivity contribution is 0.973. The second-order valence-electron chi connectivity index (χ2n) is 4.07. The van der Waals surface area contributed by atoms with Crippen molar-refractivity contribution in [2.24, 2.45) is 0 Å². The van der Waals surface area contributed by atoms with E-state index >= 15 is 0 Å². The van der Waals surface area contributed by atoms with E-state index in [1.54, 1.807) is 11.3 Å². The van der Waals surface area contributed by atoms with E-state index in [4.69, 9.17) is 0 Å². The molecule has 0 fully saturated rings. The minimum atomic E-state index is 0.811. The third kappa shape index (κ3) is 2.82. The maximum atomic E-state index is 4.11. The quantitative estimate of drug-likeness (QED) is 0.900. The molecule has 0 saturated heterocycles. The van der Waals surface area contributed by atoms with Gasteiger partial charge in [-0.3, -0.25) is 0 Å². The van der Waals surface area contributed by atoms with Crippen molar-refractivity contribution < 1.29 is 0 Å². The predicted octanol–water partition coefficient (Wildman–Crippen LogP) is 3.33. The summed E-state index contributed by atoms with van der Waals surface area (Å²) in [5, 5.41) is 13.5. The summed E-state index contributed by atoms with van der Waals surface area (Å²) in [6, 6.07) is 6.38. The first-order valence-corrected chi connectivity index (χ1v) is 6.63. The largest absolute Gasteiger partial charge is 0.356 e. The number of hydrogen-bond acceptors (Lipinski definition) is 4. The Labute approximate surface area is 106 Å². The molecule has 0 aliphatic rings. The predicted molar refractivity (Wildman–Crippen MR) is 72.5 cm³/mol. The van der Waals surface area contributed by atoms with Crippen LogP contribution >= 0.6 is 11.3 Å². The minimum Gasteiger partial charge on any atom is -0.356 e. The van der Waals surface area contributed by atoms with Gasteiger partial charge in [0, 0.05) is 6.54 Å². The molecule has 0 unspecified atom stereocenters. The van der Waals surface area contributed by atoms with Crippen LogP contribution in [0.2, 0.25) is 0 Å². The van der Waals surface area contributed by atoms with Crippen LogP contribution in [-0.4, -0.2) is 10.2 Å². The van der Waals surface area contributed by atoms with E-state index in [1.807, 2.05) is 0 Å². The van der Waals surface area contributed by atoms with Crippen LogP contribution in [0.5, 0.6) is 0 Å². The standard InChI is InChI=1S/C13H17N3S/c1-4-12-15-16-13(17-12)14-8-11-7-5-6-9(2)10(11)3/h5-7H,4,8H2,1-3H3,(H,14,16). The minimum absolute atomic E-state index is 0.811. The monoisotopic (exact) mass is 247 g/mol. The average molecular weight is 247 g/mol. The summed E-state index contributed by atoms with van der Waals surface area (Å²) in [5.41, 5.74) is 3.99. The van der Waals surface area contributed by atoms with E-state index in [0.29, 0.717) is 0 Å². The van der Waals surface area contributed by atoms with Gasteiger partial charge in [-0.15, -0.1) is 10.2 Å². The first kappa shape index (κ1) is 12.0. The molecule has 0 bridgehead atoms. The summed E-state index contributed by atoms with van der Waals surface area (Å²) in [6.45, 7) is 7.20. The van der Waals surface area contributed by atoms with Gasteiger partial charge in [-0.25, -0.2) is 0 Å². The van der Waals surface area contributed by atoms with Crippen LogP contribution in [0.25, 0.3) is 0 Å². The molecule has 0 aliphatic heterocycles. The number of hydrogen-bond donors (Lipinski definition) is 1. The fraction of sp³-hybridized carbons (Fsp3) is 0.385. The van der Waals surface area contributed by atoms with E-state index in [9.17, 15) is 0 Å². The van der Waals surface area contributed by atoms with E-state index in [-0.39, 0.29) is 0 Å². The third-order valence-electron chi connectivity index (χ3n) is 2.92. The zero-order valence-corrected chi connectivity index (χ0v) is 11.3. The molecule has 2 aromatic rings. The molecular weight excluding hydrogens is 230 g/mol. The summed E-state index contributed by atoms with van der Waals surface area (Å²) >= 11 is 1.63. The van der Waals surface area contributed by atoms with Gasteiger partial charge in [-0.05, 0) is 37.0 Å². The van der Waals surface area contributed by atoms with Crippen molar-refractivity contribution in [1.82, 2.24) is 10.2 Å². The first-order valence-electron chi connectivity index (χ1n) is 5.82.